The number of aliphatic hydroxyl groups is 1. The summed E-state index contributed by atoms with van der Waals surface area (Å²) in [7, 11) is 3.82. The molecule has 2 aliphatic rings. The van der Waals surface area contributed by atoms with Crippen LogP contribution in [0.2, 0.25) is 0 Å². The first kappa shape index (κ1) is 15.7. The second kappa shape index (κ2) is 6.16. The van der Waals surface area contributed by atoms with Gasteiger partial charge in [-0.2, -0.15) is 4.98 Å². The number of rotatable bonds is 4. The molecule has 0 radical (unpaired) electrons. The molecule has 0 spiro atoms. The Kier molecular flexibility index (Phi) is 4.41. The third-order valence-corrected chi connectivity index (χ3v) is 5.32. The first-order chi connectivity index (χ1) is 10.5. The second-order valence-electron chi connectivity index (χ2n) is 7.27. The van der Waals surface area contributed by atoms with Crippen LogP contribution in [0.3, 0.4) is 0 Å². The number of hydrogen-bond acceptors (Lipinski definition) is 6. The van der Waals surface area contributed by atoms with E-state index in [-0.39, 0.29) is 0 Å². The maximum atomic E-state index is 10.8. The molecular weight excluding hydrogens is 280 g/mol. The number of likely N-dealkylation sites (tertiary alicyclic amines) is 1. The van der Waals surface area contributed by atoms with E-state index in [2.05, 4.69) is 15.0 Å². The van der Waals surface area contributed by atoms with Crippen LogP contribution in [-0.2, 0) is 6.54 Å². The quantitative estimate of drug-likeness (QED) is 0.918. The van der Waals surface area contributed by atoms with Crippen molar-refractivity contribution in [2.24, 2.45) is 5.92 Å². The zero-order valence-corrected chi connectivity index (χ0v) is 14.0. The molecule has 22 heavy (non-hydrogen) atoms. The Labute approximate surface area is 132 Å². The van der Waals surface area contributed by atoms with Crippen LogP contribution in [0.5, 0.6) is 0 Å². The number of anilines is 1. The number of nitrogens with zero attached hydrogens (tertiary/aromatic N) is 4. The van der Waals surface area contributed by atoms with E-state index in [1.165, 1.54) is 12.8 Å². The number of aromatic nitrogens is 2. The average molecular weight is 308 g/mol. The fourth-order valence-electron chi connectivity index (χ4n) is 4.12. The van der Waals surface area contributed by atoms with Crippen LogP contribution in [0.25, 0.3) is 0 Å². The minimum absolute atomic E-state index is 0.361. The van der Waals surface area contributed by atoms with Crippen molar-refractivity contribution in [2.45, 2.75) is 63.6 Å². The highest BCUT2D eigenvalue weighted by Crippen LogP contribution is 2.41. The van der Waals surface area contributed by atoms with Crippen LogP contribution in [0.1, 0.15) is 51.3 Å². The molecule has 6 heteroatoms. The van der Waals surface area contributed by atoms with Crippen LogP contribution < -0.4 is 4.90 Å². The third kappa shape index (κ3) is 3.13. The van der Waals surface area contributed by atoms with Gasteiger partial charge in [0.1, 0.15) is 0 Å². The fourth-order valence-corrected chi connectivity index (χ4v) is 4.12. The Hall–Kier alpha value is -1.14. The molecule has 3 atom stereocenters. The predicted octanol–water partition coefficient (Wildman–Crippen LogP) is 2.04. The van der Waals surface area contributed by atoms with Gasteiger partial charge in [-0.25, -0.2) is 0 Å². The van der Waals surface area contributed by atoms with Crippen molar-refractivity contribution in [3.05, 3.63) is 5.89 Å². The molecule has 6 nitrogen and oxygen atoms in total. The lowest BCUT2D eigenvalue weighted by molar-refractivity contribution is -0.0637. The highest BCUT2D eigenvalue weighted by molar-refractivity contribution is 5.23. The van der Waals surface area contributed by atoms with Crippen molar-refractivity contribution >= 4 is 5.95 Å². The molecule has 2 heterocycles. The average Bonchev–Trinajstić information content (AvgIpc) is 3.08. The predicted molar refractivity (Wildman–Crippen MR) is 84.6 cm³/mol. The third-order valence-electron chi connectivity index (χ3n) is 5.32. The summed E-state index contributed by atoms with van der Waals surface area (Å²) < 4.78 is 5.37. The number of hydrogen-bond donors (Lipinski definition) is 1. The summed E-state index contributed by atoms with van der Waals surface area (Å²) >= 11 is 0. The first-order valence-corrected chi connectivity index (χ1v) is 8.44. The van der Waals surface area contributed by atoms with Crippen molar-refractivity contribution in [1.29, 1.82) is 0 Å². The highest BCUT2D eigenvalue weighted by Gasteiger charge is 2.43. The van der Waals surface area contributed by atoms with Gasteiger partial charge in [0.05, 0.1) is 12.1 Å². The second-order valence-corrected chi connectivity index (χ2v) is 7.27. The Bertz CT molecular complexity index is 500. The summed E-state index contributed by atoms with van der Waals surface area (Å²) in [4.78, 5) is 8.71. The first-order valence-electron chi connectivity index (χ1n) is 8.44. The summed E-state index contributed by atoms with van der Waals surface area (Å²) in [5, 5.41) is 14.8. The van der Waals surface area contributed by atoms with Crippen LogP contribution >= 0.6 is 0 Å². The molecule has 1 saturated heterocycles. The van der Waals surface area contributed by atoms with Gasteiger partial charge in [0.15, 0.2) is 0 Å². The smallest absolute Gasteiger partial charge is 0.265 e. The summed E-state index contributed by atoms with van der Waals surface area (Å²) in [6.45, 7) is 3.76. The molecule has 124 valence electrons. The Morgan fingerprint density at radius 3 is 2.82 bits per heavy atom. The molecule has 0 bridgehead atoms. The van der Waals surface area contributed by atoms with Gasteiger partial charge >= 0.3 is 0 Å². The standard InChI is InChI=1S/C16H28N4O2/c1-16(21)9-5-4-7-12(16)13-8-6-10-20(13)11-14-17-15(18-22-14)19(2)3/h12-13,21H,4-11H2,1-3H3. The van der Waals surface area contributed by atoms with Gasteiger partial charge in [-0.3, -0.25) is 4.90 Å². The zero-order chi connectivity index (χ0) is 15.7. The summed E-state index contributed by atoms with van der Waals surface area (Å²) in [5.74, 6) is 1.65. The van der Waals surface area contributed by atoms with Crippen LogP contribution in [0.4, 0.5) is 5.95 Å². The molecule has 1 aromatic rings. The lowest BCUT2D eigenvalue weighted by Gasteiger charge is -2.43. The van der Waals surface area contributed by atoms with Crippen molar-refractivity contribution < 1.29 is 9.63 Å². The van der Waals surface area contributed by atoms with Crippen molar-refractivity contribution in [3.63, 3.8) is 0 Å². The van der Waals surface area contributed by atoms with Gasteiger partial charge in [0, 0.05) is 26.1 Å². The van der Waals surface area contributed by atoms with E-state index in [1.54, 1.807) is 0 Å². The minimum atomic E-state index is -0.533. The van der Waals surface area contributed by atoms with E-state index in [1.807, 2.05) is 25.9 Å². The molecule has 1 saturated carbocycles. The summed E-state index contributed by atoms with van der Waals surface area (Å²) in [5.41, 5.74) is -0.533. The lowest BCUT2D eigenvalue weighted by atomic mass is 9.72. The van der Waals surface area contributed by atoms with Crippen molar-refractivity contribution in [2.75, 3.05) is 25.5 Å². The Morgan fingerprint density at radius 2 is 2.14 bits per heavy atom. The van der Waals surface area contributed by atoms with Gasteiger partial charge in [-0.1, -0.05) is 12.8 Å². The molecule has 1 aliphatic carbocycles. The fraction of sp³-hybridized carbons (Fsp3) is 0.875. The molecule has 0 amide bonds. The van der Waals surface area contributed by atoms with E-state index in [9.17, 15) is 5.11 Å². The molecule has 3 unspecified atom stereocenters. The maximum absolute atomic E-state index is 10.8. The molecule has 1 aromatic heterocycles. The molecule has 1 N–H and O–H groups in total. The van der Waals surface area contributed by atoms with E-state index >= 15 is 0 Å². The lowest BCUT2D eigenvalue weighted by Crippen LogP contribution is -2.48. The van der Waals surface area contributed by atoms with E-state index in [0.717, 1.165) is 32.2 Å². The summed E-state index contributed by atoms with van der Waals surface area (Å²) in [6, 6.07) is 0.435. The molecule has 3 rings (SSSR count). The van der Waals surface area contributed by atoms with Gasteiger partial charge < -0.3 is 14.5 Å². The molecule has 1 aliphatic heterocycles. The molecule has 0 aromatic carbocycles. The van der Waals surface area contributed by atoms with Gasteiger partial charge in [0.25, 0.3) is 5.95 Å². The van der Waals surface area contributed by atoms with E-state index < -0.39 is 5.60 Å². The van der Waals surface area contributed by atoms with Gasteiger partial charge in [0.2, 0.25) is 5.89 Å². The minimum Gasteiger partial charge on any atom is -0.390 e. The van der Waals surface area contributed by atoms with Crippen LogP contribution in [0.15, 0.2) is 4.52 Å². The van der Waals surface area contributed by atoms with Gasteiger partial charge in [-0.05, 0) is 44.3 Å². The van der Waals surface area contributed by atoms with Gasteiger partial charge in [-0.15, -0.1) is 0 Å². The van der Waals surface area contributed by atoms with E-state index in [4.69, 9.17) is 4.52 Å². The van der Waals surface area contributed by atoms with Crippen molar-refractivity contribution in [3.8, 4) is 0 Å². The molecule has 2 fully saturated rings. The zero-order valence-electron chi connectivity index (χ0n) is 14.0. The summed E-state index contributed by atoms with van der Waals surface area (Å²) in [6.07, 6.45) is 6.78. The molecular formula is C16H28N4O2. The maximum Gasteiger partial charge on any atom is 0.265 e. The monoisotopic (exact) mass is 308 g/mol. The SMILES string of the molecule is CN(C)c1noc(CN2CCCC2C2CCCCC2(C)O)n1. The Morgan fingerprint density at radius 1 is 1.32 bits per heavy atom. The van der Waals surface area contributed by atoms with Crippen molar-refractivity contribution in [1.82, 2.24) is 15.0 Å². The highest BCUT2D eigenvalue weighted by atomic mass is 16.5. The largest absolute Gasteiger partial charge is 0.390 e. The Balaban J connectivity index is 1.69. The normalized spacial score (nSPS) is 33.3. The van der Waals surface area contributed by atoms with Crippen LogP contribution in [0, 0.1) is 5.92 Å². The topological polar surface area (TPSA) is 65.6 Å². The van der Waals surface area contributed by atoms with Crippen LogP contribution in [-0.4, -0.2) is 52.4 Å². The van der Waals surface area contributed by atoms with E-state index in [0.29, 0.717) is 30.3 Å².